The van der Waals surface area contributed by atoms with Crippen LogP contribution in [0.1, 0.15) is 278 Å². The summed E-state index contributed by atoms with van der Waals surface area (Å²) in [5, 5.41) is 34.1. The third kappa shape index (κ3) is 32.2. The van der Waals surface area contributed by atoms with Gasteiger partial charge in [0.2, 0.25) is 5.60 Å². The van der Waals surface area contributed by atoms with Gasteiger partial charge in [0.15, 0.2) is 23.0 Å². The number of hydrogen-bond acceptors (Lipinski definition) is 6. The molecule has 0 aliphatic carbocycles. The van der Waals surface area contributed by atoms with E-state index < -0.39 is 35.2 Å². The van der Waals surface area contributed by atoms with Crippen LogP contribution in [0, 0.1) is 0 Å². The van der Waals surface area contributed by atoms with Crippen molar-refractivity contribution in [1.29, 1.82) is 0 Å². The first-order valence-corrected chi connectivity index (χ1v) is 27.0. The molecule has 0 aliphatic heterocycles. The van der Waals surface area contributed by atoms with Gasteiger partial charge in [0.05, 0.1) is 6.61 Å². The van der Waals surface area contributed by atoms with Crippen LogP contribution in [0.4, 0.5) is 0 Å². The second-order valence-electron chi connectivity index (χ2n) is 18.6. The molecular weight excluding hydrogens is 781 g/mol. The Labute approximate surface area is 389 Å². The Kier molecular flexibility index (Phi) is 43.5. The topological polar surface area (TPSA) is 112 Å². The average Bonchev–Trinajstić information content (AvgIpc) is 3.29. The van der Waals surface area contributed by atoms with Crippen molar-refractivity contribution >= 4 is 17.3 Å². The van der Waals surface area contributed by atoms with Crippen molar-refractivity contribution in [3.05, 3.63) is 48.6 Å². The zero-order chi connectivity index (χ0) is 46.4. The van der Waals surface area contributed by atoms with Gasteiger partial charge in [-0.2, -0.15) is 0 Å². The number of Topliss-reactive ketones (excluding diaryl/α,β-unsaturated/α-hetero) is 3. The first-order chi connectivity index (χ1) is 30.8. The largest absolute Gasteiger partial charge is 0.393 e. The van der Waals surface area contributed by atoms with Crippen LogP contribution >= 0.6 is 0 Å². The summed E-state index contributed by atoms with van der Waals surface area (Å²) in [6.45, 7) is 5.54. The summed E-state index contributed by atoms with van der Waals surface area (Å²) < 4.78 is 0. The summed E-state index contributed by atoms with van der Waals surface area (Å²) in [5.41, 5.74) is -5.79. The molecule has 6 heteroatoms. The summed E-state index contributed by atoms with van der Waals surface area (Å²) in [4.78, 5) is 41.2. The lowest BCUT2D eigenvalue weighted by Crippen LogP contribution is -2.69. The van der Waals surface area contributed by atoms with E-state index >= 15 is 0 Å². The highest BCUT2D eigenvalue weighted by Gasteiger charge is 2.62. The maximum absolute atomic E-state index is 13.8. The number of hydrogen-bond donors (Lipinski definition) is 3. The number of carbonyl (C=O) groups is 3. The first-order valence-electron chi connectivity index (χ1n) is 27.0. The third-order valence-electron chi connectivity index (χ3n) is 12.8. The van der Waals surface area contributed by atoms with Crippen LogP contribution in [0.5, 0.6) is 0 Å². The lowest BCUT2D eigenvalue weighted by molar-refractivity contribution is -0.194. The Morgan fingerprint density at radius 3 is 0.889 bits per heavy atom. The molecule has 2 atom stereocenters. The molecule has 0 amide bonds. The quantitative estimate of drug-likeness (QED) is 0.0319. The van der Waals surface area contributed by atoms with Crippen molar-refractivity contribution in [2.45, 2.75) is 289 Å². The molecule has 0 saturated carbocycles. The van der Waals surface area contributed by atoms with E-state index in [-0.39, 0.29) is 19.3 Å². The van der Waals surface area contributed by atoms with E-state index in [1.807, 2.05) is 0 Å². The molecule has 366 valence electrons. The molecule has 0 heterocycles. The Bertz CT molecular complexity index is 1190. The van der Waals surface area contributed by atoms with Gasteiger partial charge in [0.25, 0.3) is 0 Å². The predicted octanol–water partition coefficient (Wildman–Crippen LogP) is 16.0. The molecule has 0 aromatic carbocycles. The minimum absolute atomic E-state index is 0.102. The van der Waals surface area contributed by atoms with Gasteiger partial charge in [0.1, 0.15) is 0 Å². The number of aliphatic hydroxyl groups excluding tert-OH is 1. The van der Waals surface area contributed by atoms with Crippen LogP contribution in [-0.2, 0) is 14.4 Å². The highest BCUT2D eigenvalue weighted by Crippen LogP contribution is 2.32. The molecule has 0 saturated heterocycles. The Balaban J connectivity index is 5.01. The normalized spacial score (nSPS) is 14.1. The van der Waals surface area contributed by atoms with Gasteiger partial charge in [0, 0.05) is 19.3 Å². The smallest absolute Gasteiger partial charge is 0.219 e. The molecule has 63 heavy (non-hydrogen) atoms. The fourth-order valence-electron chi connectivity index (χ4n) is 8.40. The van der Waals surface area contributed by atoms with Crippen LogP contribution < -0.4 is 0 Å². The molecule has 3 N–H and O–H groups in total. The highest BCUT2D eigenvalue weighted by atomic mass is 16.4. The van der Waals surface area contributed by atoms with Crippen LogP contribution in [0.2, 0.25) is 0 Å². The Morgan fingerprint density at radius 2 is 0.571 bits per heavy atom. The lowest BCUT2D eigenvalue weighted by Gasteiger charge is -2.39. The summed E-state index contributed by atoms with van der Waals surface area (Å²) in [6.07, 6.45) is 57.4. The minimum atomic E-state index is -2.95. The number of carbonyl (C=O) groups excluding carboxylic acids is 3. The van der Waals surface area contributed by atoms with E-state index in [1.54, 1.807) is 0 Å². The van der Waals surface area contributed by atoms with E-state index in [9.17, 15) is 29.7 Å². The van der Waals surface area contributed by atoms with Gasteiger partial charge in [-0.1, -0.05) is 204 Å². The van der Waals surface area contributed by atoms with E-state index in [2.05, 4.69) is 69.4 Å². The molecule has 0 bridgehead atoms. The van der Waals surface area contributed by atoms with E-state index in [0.717, 1.165) is 122 Å². The Hall–Kier alpha value is -2.15. The fraction of sp³-hybridized carbons (Fsp3) is 0.807. The van der Waals surface area contributed by atoms with Gasteiger partial charge >= 0.3 is 0 Å². The summed E-state index contributed by atoms with van der Waals surface area (Å²) in [6, 6.07) is 0. The van der Waals surface area contributed by atoms with Gasteiger partial charge in [-0.15, -0.1) is 0 Å². The molecule has 0 spiro atoms. The van der Waals surface area contributed by atoms with Crippen molar-refractivity contribution in [3.8, 4) is 0 Å². The Morgan fingerprint density at radius 1 is 0.333 bits per heavy atom. The molecule has 0 aromatic heterocycles. The first kappa shape index (κ1) is 60.9. The molecular formula is C57H102O6. The molecule has 6 nitrogen and oxygen atoms in total. The van der Waals surface area contributed by atoms with Crippen molar-refractivity contribution < 1.29 is 29.7 Å². The van der Waals surface area contributed by atoms with E-state index in [0.29, 0.717) is 19.3 Å². The molecule has 0 rings (SSSR count). The summed E-state index contributed by atoms with van der Waals surface area (Å²) in [7, 11) is 0. The van der Waals surface area contributed by atoms with Crippen molar-refractivity contribution in [1.82, 2.24) is 0 Å². The SMILES string of the molecule is CCCCC/C=C\C/C=C\CCCCCCCC(=O)C(O)(C(=O)CCCCCCC/C=C\CCCCCCCC)C(O)(CO)C(=O)CCCCCCC/C=C\CCCCCCCC. The monoisotopic (exact) mass is 883 g/mol. The van der Waals surface area contributed by atoms with E-state index in [4.69, 9.17) is 0 Å². The van der Waals surface area contributed by atoms with Crippen LogP contribution in [0.15, 0.2) is 48.6 Å². The van der Waals surface area contributed by atoms with Gasteiger partial charge < -0.3 is 15.3 Å². The zero-order valence-electron chi connectivity index (χ0n) is 41.7. The maximum atomic E-state index is 13.8. The molecule has 0 fully saturated rings. The standard InChI is InChI=1S/C57H102O6/c1-4-7-10-13-16-19-22-25-28-31-34-37-40-43-46-49-53(59)56(62,52-58)57(63,54(60)50-47-44-41-38-35-32-29-26-23-20-17-14-11-8-5-2)55(61)51-48-45-42-39-36-33-30-27-24-21-18-15-12-9-6-3/h17,20,25-30,58,62-63H,4-16,18-19,21-24,31-52H2,1-3H3/b20-17-,28-25-,29-26-,30-27-. The molecule has 2 unspecified atom stereocenters. The van der Waals surface area contributed by atoms with Gasteiger partial charge in [-0.05, 0) is 103 Å². The second kappa shape index (κ2) is 45.0. The highest BCUT2D eigenvalue weighted by molar-refractivity contribution is 6.16. The van der Waals surface area contributed by atoms with Crippen LogP contribution in [-0.4, -0.2) is 50.5 Å². The molecule has 0 aliphatic rings. The average molecular weight is 883 g/mol. The minimum Gasteiger partial charge on any atom is -0.393 e. The number of ketones is 3. The third-order valence-corrected chi connectivity index (χ3v) is 12.8. The summed E-state index contributed by atoms with van der Waals surface area (Å²) in [5.74, 6) is -2.51. The van der Waals surface area contributed by atoms with Gasteiger partial charge in [-0.25, -0.2) is 0 Å². The van der Waals surface area contributed by atoms with E-state index in [1.165, 1.54) is 96.3 Å². The zero-order valence-corrected chi connectivity index (χ0v) is 41.7. The molecule has 0 radical (unpaired) electrons. The fourth-order valence-corrected chi connectivity index (χ4v) is 8.40. The van der Waals surface area contributed by atoms with Crippen LogP contribution in [0.25, 0.3) is 0 Å². The van der Waals surface area contributed by atoms with Crippen molar-refractivity contribution in [2.75, 3.05) is 6.61 Å². The van der Waals surface area contributed by atoms with Crippen LogP contribution in [0.3, 0.4) is 0 Å². The number of aliphatic hydroxyl groups is 3. The van der Waals surface area contributed by atoms with Crippen molar-refractivity contribution in [2.24, 2.45) is 0 Å². The number of allylic oxidation sites excluding steroid dienone is 8. The predicted molar refractivity (Wildman–Crippen MR) is 270 cm³/mol. The number of unbranched alkanes of at least 4 members (excludes halogenated alkanes) is 30. The lowest BCUT2D eigenvalue weighted by atomic mass is 9.71. The van der Waals surface area contributed by atoms with Gasteiger partial charge in [-0.3, -0.25) is 14.4 Å². The van der Waals surface area contributed by atoms with Crippen molar-refractivity contribution in [3.63, 3.8) is 0 Å². The number of rotatable bonds is 49. The summed E-state index contributed by atoms with van der Waals surface area (Å²) >= 11 is 0. The second-order valence-corrected chi connectivity index (χ2v) is 18.6. The maximum Gasteiger partial charge on any atom is 0.219 e. The molecule has 0 aromatic rings.